The van der Waals surface area contributed by atoms with Crippen LogP contribution in [0.3, 0.4) is 0 Å². The van der Waals surface area contributed by atoms with Gasteiger partial charge in [0.2, 0.25) is 11.8 Å². The van der Waals surface area contributed by atoms with Crippen molar-refractivity contribution in [3.8, 4) is 11.5 Å². The third kappa shape index (κ3) is 5.51. The molecule has 138 valence electrons. The first-order chi connectivity index (χ1) is 12.5. The van der Waals surface area contributed by atoms with Crippen LogP contribution in [0.1, 0.15) is 31.9 Å². The maximum absolute atomic E-state index is 12.5. The fraction of sp³-hybridized carbons (Fsp3) is 0.300. The molecule has 0 spiro atoms. The van der Waals surface area contributed by atoms with Gasteiger partial charge in [-0.05, 0) is 24.6 Å². The summed E-state index contributed by atoms with van der Waals surface area (Å²) in [5, 5.41) is 5.65. The fourth-order valence-electron chi connectivity index (χ4n) is 2.60. The predicted octanol–water partition coefficient (Wildman–Crippen LogP) is 3.30. The molecule has 2 amide bonds. The minimum atomic E-state index is -0.390. The molecule has 0 aliphatic heterocycles. The van der Waals surface area contributed by atoms with Gasteiger partial charge >= 0.3 is 0 Å². The second kappa shape index (κ2) is 9.46. The summed E-state index contributed by atoms with van der Waals surface area (Å²) >= 11 is 0. The molecule has 0 radical (unpaired) electrons. The topological polar surface area (TPSA) is 76.7 Å². The summed E-state index contributed by atoms with van der Waals surface area (Å²) in [5.41, 5.74) is 1.48. The van der Waals surface area contributed by atoms with Crippen molar-refractivity contribution in [2.45, 2.75) is 26.3 Å². The number of anilines is 1. The molecule has 2 rings (SSSR count). The third-order valence-corrected chi connectivity index (χ3v) is 3.72. The number of rotatable bonds is 8. The number of hydrogen-bond acceptors (Lipinski definition) is 4. The molecule has 2 N–H and O–H groups in total. The van der Waals surface area contributed by atoms with Gasteiger partial charge in [0, 0.05) is 18.7 Å². The molecule has 6 nitrogen and oxygen atoms in total. The molecule has 6 heteroatoms. The van der Waals surface area contributed by atoms with E-state index in [0.717, 1.165) is 5.56 Å². The van der Waals surface area contributed by atoms with Gasteiger partial charge in [-0.15, -0.1) is 0 Å². The van der Waals surface area contributed by atoms with Crippen molar-refractivity contribution in [2.24, 2.45) is 0 Å². The highest BCUT2D eigenvalue weighted by Crippen LogP contribution is 2.30. The summed E-state index contributed by atoms with van der Waals surface area (Å²) in [6, 6.07) is 14.2. The summed E-state index contributed by atoms with van der Waals surface area (Å²) in [5.74, 6) is 0.771. The molecule has 0 aromatic heterocycles. The molecule has 0 saturated carbocycles. The fourth-order valence-corrected chi connectivity index (χ4v) is 2.60. The number of nitrogens with one attached hydrogen (secondary N) is 2. The van der Waals surface area contributed by atoms with Gasteiger partial charge in [-0.2, -0.15) is 0 Å². The van der Waals surface area contributed by atoms with E-state index in [9.17, 15) is 9.59 Å². The number of ether oxygens (including phenoxy) is 2. The standard InChI is InChI=1S/C20H24N2O4/c1-4-26-18-11-10-16(12-19(18)25-3)22-20(24)13-17(21-14(2)23)15-8-6-5-7-9-15/h5-12,17H,4,13H2,1-3H3,(H,21,23)(H,22,24)/t17-/m1/s1. The highest BCUT2D eigenvalue weighted by molar-refractivity contribution is 5.92. The summed E-state index contributed by atoms with van der Waals surface area (Å²) in [6.07, 6.45) is 0.124. The molecule has 2 aromatic rings. The van der Waals surface area contributed by atoms with Crippen molar-refractivity contribution >= 4 is 17.5 Å². The van der Waals surface area contributed by atoms with Gasteiger partial charge < -0.3 is 20.1 Å². The summed E-state index contributed by atoms with van der Waals surface area (Å²) in [4.78, 5) is 23.9. The number of methoxy groups -OCH3 is 1. The van der Waals surface area contributed by atoms with Gasteiger partial charge in [0.25, 0.3) is 0 Å². The van der Waals surface area contributed by atoms with Crippen molar-refractivity contribution < 1.29 is 19.1 Å². The zero-order valence-corrected chi connectivity index (χ0v) is 15.2. The van der Waals surface area contributed by atoms with Crippen molar-refractivity contribution in [3.63, 3.8) is 0 Å². The lowest BCUT2D eigenvalue weighted by Crippen LogP contribution is -2.29. The lowest BCUT2D eigenvalue weighted by molar-refractivity contribution is -0.120. The van der Waals surface area contributed by atoms with Crippen molar-refractivity contribution in [3.05, 3.63) is 54.1 Å². The Morgan fingerprint density at radius 1 is 1.08 bits per heavy atom. The molecule has 0 bridgehead atoms. The van der Waals surface area contributed by atoms with E-state index in [1.165, 1.54) is 6.92 Å². The Bertz CT molecular complexity index is 747. The number of carbonyl (C=O) groups excluding carboxylic acids is 2. The Morgan fingerprint density at radius 3 is 2.42 bits per heavy atom. The molecular formula is C20H24N2O4. The average molecular weight is 356 g/mol. The maximum atomic E-state index is 12.5. The lowest BCUT2D eigenvalue weighted by Gasteiger charge is -2.18. The van der Waals surface area contributed by atoms with Crippen LogP contribution in [0.15, 0.2) is 48.5 Å². The first-order valence-corrected chi connectivity index (χ1v) is 8.46. The van der Waals surface area contributed by atoms with E-state index in [-0.39, 0.29) is 18.2 Å². The smallest absolute Gasteiger partial charge is 0.226 e. The van der Waals surface area contributed by atoms with Crippen LogP contribution in [-0.2, 0) is 9.59 Å². The molecular weight excluding hydrogens is 332 g/mol. The summed E-state index contributed by atoms with van der Waals surface area (Å²) < 4.78 is 10.8. The Balaban J connectivity index is 2.09. The molecule has 26 heavy (non-hydrogen) atoms. The summed E-state index contributed by atoms with van der Waals surface area (Å²) in [6.45, 7) is 3.85. The van der Waals surface area contributed by atoms with E-state index >= 15 is 0 Å². The second-order valence-electron chi connectivity index (χ2n) is 5.71. The minimum Gasteiger partial charge on any atom is -0.493 e. The van der Waals surface area contributed by atoms with Crippen LogP contribution in [0.5, 0.6) is 11.5 Å². The Labute approximate surface area is 153 Å². The average Bonchev–Trinajstić information content (AvgIpc) is 2.63. The molecule has 1 atom stereocenters. The zero-order chi connectivity index (χ0) is 18.9. The van der Waals surface area contributed by atoms with Crippen LogP contribution in [0.25, 0.3) is 0 Å². The number of hydrogen-bond donors (Lipinski definition) is 2. The normalized spacial score (nSPS) is 11.3. The van der Waals surface area contributed by atoms with Crippen LogP contribution >= 0.6 is 0 Å². The minimum absolute atomic E-state index is 0.124. The summed E-state index contributed by atoms with van der Waals surface area (Å²) in [7, 11) is 1.55. The van der Waals surface area contributed by atoms with E-state index in [4.69, 9.17) is 9.47 Å². The number of carbonyl (C=O) groups is 2. The van der Waals surface area contributed by atoms with Gasteiger partial charge in [0.05, 0.1) is 26.2 Å². The van der Waals surface area contributed by atoms with Crippen LogP contribution in [-0.4, -0.2) is 25.5 Å². The first-order valence-electron chi connectivity index (χ1n) is 8.46. The van der Waals surface area contributed by atoms with Crippen LogP contribution < -0.4 is 20.1 Å². The monoisotopic (exact) mass is 356 g/mol. The van der Waals surface area contributed by atoms with Crippen molar-refractivity contribution in [1.29, 1.82) is 0 Å². The molecule has 0 saturated heterocycles. The largest absolute Gasteiger partial charge is 0.493 e. The SMILES string of the molecule is CCOc1ccc(NC(=O)C[C@@H](NC(C)=O)c2ccccc2)cc1OC. The van der Waals surface area contributed by atoms with Crippen LogP contribution in [0, 0.1) is 0 Å². The Morgan fingerprint density at radius 2 is 1.81 bits per heavy atom. The first kappa shape index (κ1) is 19.3. The van der Waals surface area contributed by atoms with E-state index in [2.05, 4.69) is 10.6 Å². The second-order valence-corrected chi connectivity index (χ2v) is 5.71. The molecule has 0 heterocycles. The predicted molar refractivity (Wildman–Crippen MR) is 100 cm³/mol. The van der Waals surface area contributed by atoms with Crippen LogP contribution in [0.4, 0.5) is 5.69 Å². The van der Waals surface area contributed by atoms with Gasteiger partial charge in [-0.3, -0.25) is 9.59 Å². The molecule has 0 unspecified atom stereocenters. The lowest BCUT2D eigenvalue weighted by atomic mass is 10.0. The van der Waals surface area contributed by atoms with Gasteiger partial charge in [0.1, 0.15) is 0 Å². The van der Waals surface area contributed by atoms with E-state index < -0.39 is 6.04 Å². The van der Waals surface area contributed by atoms with E-state index in [1.807, 2.05) is 37.3 Å². The van der Waals surface area contributed by atoms with Gasteiger partial charge in [0.15, 0.2) is 11.5 Å². The van der Waals surface area contributed by atoms with Crippen molar-refractivity contribution in [2.75, 3.05) is 19.0 Å². The van der Waals surface area contributed by atoms with Gasteiger partial charge in [-0.25, -0.2) is 0 Å². The highest BCUT2D eigenvalue weighted by Gasteiger charge is 2.17. The Hall–Kier alpha value is -3.02. The highest BCUT2D eigenvalue weighted by atomic mass is 16.5. The van der Waals surface area contributed by atoms with Gasteiger partial charge in [-0.1, -0.05) is 30.3 Å². The third-order valence-electron chi connectivity index (χ3n) is 3.72. The quantitative estimate of drug-likeness (QED) is 0.761. The molecule has 0 aliphatic rings. The molecule has 0 aliphatic carbocycles. The number of amides is 2. The maximum Gasteiger partial charge on any atom is 0.226 e. The number of benzene rings is 2. The van der Waals surface area contributed by atoms with E-state index in [0.29, 0.717) is 23.8 Å². The zero-order valence-electron chi connectivity index (χ0n) is 15.2. The van der Waals surface area contributed by atoms with Crippen LogP contribution in [0.2, 0.25) is 0 Å². The van der Waals surface area contributed by atoms with Crippen molar-refractivity contribution in [1.82, 2.24) is 5.32 Å². The molecule has 0 fully saturated rings. The Kier molecular flexibility index (Phi) is 7.02. The molecule has 2 aromatic carbocycles. The van der Waals surface area contributed by atoms with E-state index in [1.54, 1.807) is 25.3 Å².